The average Bonchev–Trinajstić information content (AvgIpc) is 2.55. The molecule has 0 unspecified atom stereocenters. The Hall–Kier alpha value is -1.16. The van der Waals surface area contributed by atoms with Crippen molar-refractivity contribution in [2.75, 3.05) is 6.61 Å². The van der Waals surface area contributed by atoms with E-state index in [2.05, 4.69) is 0 Å². The zero-order valence-electron chi connectivity index (χ0n) is 9.22. The molecule has 0 radical (unpaired) electrons. The second kappa shape index (κ2) is 6.43. The van der Waals surface area contributed by atoms with Crippen molar-refractivity contribution in [2.24, 2.45) is 11.8 Å². The summed E-state index contributed by atoms with van der Waals surface area (Å²) in [5.41, 5.74) is 0. The van der Waals surface area contributed by atoms with E-state index in [4.69, 9.17) is 5.11 Å². The van der Waals surface area contributed by atoms with Gasteiger partial charge in [-0.3, -0.25) is 4.79 Å². The Morgan fingerprint density at radius 2 is 2.25 bits per heavy atom. The molecule has 0 aromatic carbocycles. The van der Waals surface area contributed by atoms with E-state index >= 15 is 0 Å². The van der Waals surface area contributed by atoms with Crippen LogP contribution in [0.3, 0.4) is 0 Å². The monoisotopic (exact) mass is 225 g/mol. The third-order valence-electron chi connectivity index (χ3n) is 3.03. The molecule has 0 bridgehead atoms. The van der Waals surface area contributed by atoms with Gasteiger partial charge in [0.2, 0.25) is 0 Å². The van der Waals surface area contributed by atoms with Crippen molar-refractivity contribution in [1.29, 1.82) is 0 Å². The van der Waals surface area contributed by atoms with Crippen molar-refractivity contribution in [3.05, 3.63) is 12.2 Å². The number of aliphatic hydroxyl groups is 1. The maximum atomic E-state index is 11.5. The van der Waals surface area contributed by atoms with Crippen LogP contribution >= 0.6 is 0 Å². The SMILES string of the molecule is O=C([O-])C[C@H]1CCC(=O)[C@@H]1C/C=C\CCO. The molecular formula is C12H17O4-. The van der Waals surface area contributed by atoms with Crippen LogP contribution in [0.15, 0.2) is 12.2 Å². The van der Waals surface area contributed by atoms with Gasteiger partial charge in [0.1, 0.15) is 5.78 Å². The van der Waals surface area contributed by atoms with E-state index < -0.39 is 5.97 Å². The van der Waals surface area contributed by atoms with Gasteiger partial charge in [-0.15, -0.1) is 0 Å². The van der Waals surface area contributed by atoms with Crippen LogP contribution in [0.2, 0.25) is 0 Å². The average molecular weight is 225 g/mol. The zero-order chi connectivity index (χ0) is 12.0. The lowest BCUT2D eigenvalue weighted by Crippen LogP contribution is -2.27. The highest BCUT2D eigenvalue weighted by atomic mass is 16.4. The first-order chi connectivity index (χ1) is 7.65. The molecular weight excluding hydrogens is 208 g/mol. The lowest BCUT2D eigenvalue weighted by Gasteiger charge is -2.17. The molecule has 2 atom stereocenters. The highest BCUT2D eigenvalue weighted by Gasteiger charge is 2.33. The predicted molar refractivity (Wildman–Crippen MR) is 56.3 cm³/mol. The Labute approximate surface area is 95.0 Å². The number of carbonyl (C=O) groups is 2. The minimum Gasteiger partial charge on any atom is -0.550 e. The van der Waals surface area contributed by atoms with E-state index in [-0.39, 0.29) is 30.6 Å². The fourth-order valence-corrected chi connectivity index (χ4v) is 2.19. The van der Waals surface area contributed by atoms with Crippen molar-refractivity contribution >= 4 is 11.8 Å². The Kier molecular flexibility index (Phi) is 5.19. The van der Waals surface area contributed by atoms with Crippen LogP contribution in [0.5, 0.6) is 0 Å². The Bertz CT molecular complexity index is 283. The molecule has 1 rings (SSSR count). The summed E-state index contributed by atoms with van der Waals surface area (Å²) in [6.45, 7) is 0.0948. The molecule has 1 fully saturated rings. The number of Topliss-reactive ketones (excluding diaryl/α,β-unsaturated/α-hetero) is 1. The number of carbonyl (C=O) groups excluding carboxylic acids is 2. The van der Waals surface area contributed by atoms with Crippen molar-refractivity contribution in [1.82, 2.24) is 0 Å². The molecule has 0 aliphatic heterocycles. The number of carboxylic acids is 1. The van der Waals surface area contributed by atoms with Crippen LogP contribution in [0, 0.1) is 11.8 Å². The third-order valence-corrected chi connectivity index (χ3v) is 3.03. The topological polar surface area (TPSA) is 77.4 Å². The van der Waals surface area contributed by atoms with Crippen molar-refractivity contribution in [2.45, 2.75) is 32.1 Å². The molecule has 0 heterocycles. The zero-order valence-corrected chi connectivity index (χ0v) is 9.22. The summed E-state index contributed by atoms with van der Waals surface area (Å²) >= 11 is 0. The van der Waals surface area contributed by atoms with Gasteiger partial charge in [0.05, 0.1) is 0 Å². The second-order valence-corrected chi connectivity index (χ2v) is 4.17. The van der Waals surface area contributed by atoms with Gasteiger partial charge in [-0.2, -0.15) is 0 Å². The van der Waals surface area contributed by atoms with E-state index in [1.807, 2.05) is 12.2 Å². The highest BCUT2D eigenvalue weighted by Crippen LogP contribution is 2.33. The molecule has 0 aromatic rings. The largest absolute Gasteiger partial charge is 0.550 e. The summed E-state index contributed by atoms with van der Waals surface area (Å²) in [6.07, 6.45) is 5.95. The van der Waals surface area contributed by atoms with Crippen LogP contribution in [-0.2, 0) is 9.59 Å². The molecule has 0 aromatic heterocycles. The standard InChI is InChI=1S/C12H18O4/c13-7-3-1-2-4-10-9(8-12(15)16)5-6-11(10)14/h1-2,9-10,13H,3-8H2,(H,15,16)/p-1/b2-1-/t9-,10-/m1/s1. The molecule has 4 nitrogen and oxygen atoms in total. The number of allylic oxidation sites excluding steroid dienone is 1. The minimum atomic E-state index is -1.08. The molecule has 1 aliphatic rings. The number of hydrogen-bond acceptors (Lipinski definition) is 4. The summed E-state index contributed by atoms with van der Waals surface area (Å²) in [7, 11) is 0. The van der Waals surface area contributed by atoms with E-state index in [1.165, 1.54) is 0 Å². The summed E-state index contributed by atoms with van der Waals surface area (Å²) < 4.78 is 0. The maximum absolute atomic E-state index is 11.5. The van der Waals surface area contributed by atoms with E-state index in [0.29, 0.717) is 25.7 Å². The molecule has 0 saturated heterocycles. The van der Waals surface area contributed by atoms with Gasteiger partial charge in [0, 0.05) is 24.9 Å². The van der Waals surface area contributed by atoms with Gasteiger partial charge < -0.3 is 15.0 Å². The summed E-state index contributed by atoms with van der Waals surface area (Å²) in [5, 5.41) is 19.1. The van der Waals surface area contributed by atoms with Crippen LogP contribution < -0.4 is 5.11 Å². The lowest BCUT2D eigenvalue weighted by atomic mass is 9.89. The van der Waals surface area contributed by atoms with E-state index in [1.54, 1.807) is 0 Å². The number of rotatable bonds is 6. The Morgan fingerprint density at radius 3 is 2.88 bits per heavy atom. The molecule has 1 aliphatic carbocycles. The predicted octanol–water partition coefficient (Wildman–Crippen LogP) is 0.0504. The normalized spacial score (nSPS) is 25.4. The van der Waals surface area contributed by atoms with Crippen molar-refractivity contribution in [3.63, 3.8) is 0 Å². The first kappa shape index (κ1) is 12.9. The van der Waals surface area contributed by atoms with Gasteiger partial charge >= 0.3 is 0 Å². The van der Waals surface area contributed by atoms with E-state index in [9.17, 15) is 14.7 Å². The van der Waals surface area contributed by atoms with Gasteiger partial charge in [0.15, 0.2) is 0 Å². The highest BCUT2D eigenvalue weighted by molar-refractivity contribution is 5.84. The van der Waals surface area contributed by atoms with Gasteiger partial charge in [-0.1, -0.05) is 12.2 Å². The number of hydrogen-bond donors (Lipinski definition) is 1. The Morgan fingerprint density at radius 1 is 1.50 bits per heavy atom. The van der Waals surface area contributed by atoms with Crippen LogP contribution in [0.25, 0.3) is 0 Å². The fraction of sp³-hybridized carbons (Fsp3) is 0.667. The smallest absolute Gasteiger partial charge is 0.136 e. The van der Waals surface area contributed by atoms with Crippen LogP contribution in [-0.4, -0.2) is 23.5 Å². The molecule has 4 heteroatoms. The van der Waals surface area contributed by atoms with Gasteiger partial charge in [0.25, 0.3) is 0 Å². The van der Waals surface area contributed by atoms with Crippen LogP contribution in [0.1, 0.15) is 32.1 Å². The van der Waals surface area contributed by atoms with Crippen molar-refractivity contribution in [3.8, 4) is 0 Å². The van der Waals surface area contributed by atoms with E-state index in [0.717, 1.165) is 0 Å². The molecule has 1 N–H and O–H groups in total. The molecule has 0 amide bonds. The summed E-state index contributed by atoms with van der Waals surface area (Å²) in [6, 6.07) is 0. The molecule has 1 saturated carbocycles. The molecule has 16 heavy (non-hydrogen) atoms. The van der Waals surface area contributed by atoms with Crippen LogP contribution in [0.4, 0.5) is 0 Å². The first-order valence-electron chi connectivity index (χ1n) is 5.63. The maximum Gasteiger partial charge on any atom is 0.136 e. The summed E-state index contributed by atoms with van der Waals surface area (Å²) in [4.78, 5) is 22.0. The van der Waals surface area contributed by atoms with Crippen molar-refractivity contribution < 1.29 is 19.8 Å². The molecule has 90 valence electrons. The third kappa shape index (κ3) is 3.77. The summed E-state index contributed by atoms with van der Waals surface area (Å²) in [5.74, 6) is -1.17. The van der Waals surface area contributed by atoms with Gasteiger partial charge in [-0.05, 0) is 31.6 Å². The quantitative estimate of drug-likeness (QED) is 0.648. The Balaban J connectivity index is 2.46. The molecule has 0 spiro atoms. The fourth-order valence-electron chi connectivity index (χ4n) is 2.19. The number of aliphatic carboxylic acids is 1. The van der Waals surface area contributed by atoms with Gasteiger partial charge in [-0.25, -0.2) is 0 Å². The number of aliphatic hydroxyl groups excluding tert-OH is 1. The number of carboxylic acid groups (broad SMARTS) is 1. The second-order valence-electron chi connectivity index (χ2n) is 4.17. The first-order valence-corrected chi connectivity index (χ1v) is 5.63. The minimum absolute atomic E-state index is 0.0236. The lowest BCUT2D eigenvalue weighted by molar-refractivity contribution is -0.307. The number of ketones is 1.